The predicted octanol–water partition coefficient (Wildman–Crippen LogP) is 5.03. The standard InChI is InChI=1S/C18H23F3N2O2.C2H6/c1-17(2,3)25-16(24)23-10-12-8-22(9-13(12)11-23)15-6-4-14(5-7-15)18(19,20)21;1-2/h4-7,12-13H,8-11H2,1-3H3;1-2H3. The first-order valence-electron chi connectivity index (χ1n) is 9.43. The molecule has 2 aliphatic heterocycles. The van der Waals surface area contributed by atoms with Crippen LogP contribution in [0.5, 0.6) is 0 Å². The van der Waals surface area contributed by atoms with E-state index in [4.69, 9.17) is 4.74 Å². The molecule has 0 N–H and O–H groups in total. The molecular weight excluding hydrogens is 357 g/mol. The van der Waals surface area contributed by atoms with Gasteiger partial charge >= 0.3 is 12.3 Å². The highest BCUT2D eigenvalue weighted by Crippen LogP contribution is 2.36. The van der Waals surface area contributed by atoms with Gasteiger partial charge in [-0.3, -0.25) is 0 Å². The molecule has 0 spiro atoms. The number of hydrogen-bond acceptors (Lipinski definition) is 3. The maximum atomic E-state index is 12.7. The third-order valence-electron chi connectivity index (χ3n) is 4.70. The molecule has 2 heterocycles. The quantitative estimate of drug-likeness (QED) is 0.678. The van der Waals surface area contributed by atoms with Crippen molar-refractivity contribution in [1.82, 2.24) is 4.90 Å². The van der Waals surface area contributed by atoms with Gasteiger partial charge in [-0.05, 0) is 45.0 Å². The molecule has 2 atom stereocenters. The summed E-state index contributed by atoms with van der Waals surface area (Å²) >= 11 is 0. The molecule has 4 nitrogen and oxygen atoms in total. The Labute approximate surface area is 159 Å². The molecule has 1 amide bonds. The molecule has 2 aliphatic rings. The molecule has 3 rings (SSSR count). The van der Waals surface area contributed by atoms with Crippen molar-refractivity contribution in [1.29, 1.82) is 0 Å². The number of likely N-dealkylation sites (tertiary alicyclic amines) is 1. The largest absolute Gasteiger partial charge is 0.444 e. The van der Waals surface area contributed by atoms with E-state index in [-0.39, 0.29) is 6.09 Å². The van der Waals surface area contributed by atoms with E-state index in [9.17, 15) is 18.0 Å². The fourth-order valence-corrected chi connectivity index (χ4v) is 3.54. The highest BCUT2D eigenvalue weighted by atomic mass is 19.4. The molecule has 152 valence electrons. The minimum absolute atomic E-state index is 0.289. The molecule has 0 bridgehead atoms. The van der Waals surface area contributed by atoms with E-state index in [0.29, 0.717) is 24.9 Å². The van der Waals surface area contributed by atoms with Crippen molar-refractivity contribution in [2.75, 3.05) is 31.1 Å². The van der Waals surface area contributed by atoms with Crippen LogP contribution >= 0.6 is 0 Å². The van der Waals surface area contributed by atoms with Crippen molar-refractivity contribution in [2.45, 2.75) is 46.4 Å². The summed E-state index contributed by atoms with van der Waals surface area (Å²) < 4.78 is 43.4. The van der Waals surface area contributed by atoms with E-state index in [0.717, 1.165) is 30.9 Å². The first kappa shape index (κ1) is 21.4. The number of carbonyl (C=O) groups is 1. The van der Waals surface area contributed by atoms with E-state index < -0.39 is 17.3 Å². The number of anilines is 1. The number of benzene rings is 1. The molecule has 0 aliphatic carbocycles. The van der Waals surface area contributed by atoms with Crippen molar-refractivity contribution in [3.8, 4) is 0 Å². The highest BCUT2D eigenvalue weighted by Gasteiger charge is 2.43. The summed E-state index contributed by atoms with van der Waals surface area (Å²) in [5, 5.41) is 0. The minimum atomic E-state index is -4.31. The number of fused-ring (bicyclic) bond motifs is 1. The van der Waals surface area contributed by atoms with E-state index >= 15 is 0 Å². The van der Waals surface area contributed by atoms with Gasteiger partial charge < -0.3 is 14.5 Å². The van der Waals surface area contributed by atoms with Crippen LogP contribution in [0.1, 0.15) is 40.2 Å². The third kappa shape index (κ3) is 5.30. The maximum Gasteiger partial charge on any atom is 0.416 e. The second-order valence-corrected chi connectivity index (χ2v) is 7.86. The predicted molar refractivity (Wildman–Crippen MR) is 99.8 cm³/mol. The Morgan fingerprint density at radius 1 is 0.963 bits per heavy atom. The van der Waals surface area contributed by atoms with Crippen LogP contribution in [-0.4, -0.2) is 42.8 Å². The van der Waals surface area contributed by atoms with E-state index in [2.05, 4.69) is 4.90 Å². The molecule has 2 fully saturated rings. The van der Waals surface area contributed by atoms with Crippen molar-refractivity contribution in [3.05, 3.63) is 29.8 Å². The van der Waals surface area contributed by atoms with Gasteiger partial charge in [-0.1, -0.05) is 13.8 Å². The van der Waals surface area contributed by atoms with Crippen molar-refractivity contribution in [3.63, 3.8) is 0 Å². The molecule has 7 heteroatoms. The Hall–Kier alpha value is -1.92. The first-order valence-corrected chi connectivity index (χ1v) is 9.43. The summed E-state index contributed by atoms with van der Waals surface area (Å²) in [6.07, 6.45) is -4.60. The van der Waals surface area contributed by atoms with Crippen LogP contribution in [0.15, 0.2) is 24.3 Å². The van der Waals surface area contributed by atoms with E-state index in [1.807, 2.05) is 34.6 Å². The average Bonchev–Trinajstić information content (AvgIpc) is 3.13. The second-order valence-electron chi connectivity index (χ2n) is 7.86. The topological polar surface area (TPSA) is 32.8 Å². The zero-order valence-electron chi connectivity index (χ0n) is 16.6. The molecule has 2 saturated heterocycles. The Morgan fingerprint density at radius 2 is 1.44 bits per heavy atom. The number of halogens is 3. The molecule has 27 heavy (non-hydrogen) atoms. The Balaban J connectivity index is 0.00000126. The van der Waals surface area contributed by atoms with Gasteiger partial charge in [-0.25, -0.2) is 4.79 Å². The van der Waals surface area contributed by atoms with Crippen LogP contribution in [0.3, 0.4) is 0 Å². The zero-order valence-corrected chi connectivity index (χ0v) is 16.6. The molecule has 0 radical (unpaired) electrons. The molecule has 1 aromatic carbocycles. The number of ether oxygens (including phenoxy) is 1. The third-order valence-corrected chi connectivity index (χ3v) is 4.70. The van der Waals surface area contributed by atoms with E-state index in [1.54, 1.807) is 4.90 Å². The number of hydrogen-bond donors (Lipinski definition) is 0. The van der Waals surface area contributed by atoms with Gasteiger partial charge in [0.05, 0.1) is 5.56 Å². The van der Waals surface area contributed by atoms with Gasteiger partial charge in [0.25, 0.3) is 0 Å². The lowest BCUT2D eigenvalue weighted by Gasteiger charge is -2.26. The van der Waals surface area contributed by atoms with Crippen LogP contribution in [-0.2, 0) is 10.9 Å². The number of amides is 1. The Bertz CT molecular complexity index is 624. The Morgan fingerprint density at radius 3 is 1.85 bits per heavy atom. The second kappa shape index (κ2) is 7.98. The summed E-state index contributed by atoms with van der Waals surface area (Å²) in [4.78, 5) is 16.0. The fourth-order valence-electron chi connectivity index (χ4n) is 3.54. The maximum absolute atomic E-state index is 12.7. The van der Waals surface area contributed by atoms with Crippen LogP contribution in [0.4, 0.5) is 23.7 Å². The Kier molecular flexibility index (Phi) is 6.32. The molecule has 2 unspecified atom stereocenters. The van der Waals surface area contributed by atoms with Crippen molar-refractivity contribution in [2.24, 2.45) is 11.8 Å². The van der Waals surface area contributed by atoms with Crippen molar-refractivity contribution >= 4 is 11.8 Å². The lowest BCUT2D eigenvalue weighted by atomic mass is 10.0. The SMILES string of the molecule is CC.CC(C)(C)OC(=O)N1CC2CN(c3ccc(C(F)(F)F)cc3)CC2C1. The smallest absolute Gasteiger partial charge is 0.416 e. The number of carbonyl (C=O) groups excluding carboxylic acids is 1. The number of alkyl halides is 3. The van der Waals surface area contributed by atoms with Crippen molar-refractivity contribution < 1.29 is 22.7 Å². The lowest BCUT2D eigenvalue weighted by molar-refractivity contribution is -0.137. The first-order chi connectivity index (χ1) is 12.5. The van der Waals surface area contributed by atoms with Gasteiger partial charge in [0, 0.05) is 43.7 Å². The van der Waals surface area contributed by atoms with Gasteiger partial charge in [-0.2, -0.15) is 13.2 Å². The van der Waals surface area contributed by atoms with Crippen LogP contribution in [0, 0.1) is 11.8 Å². The molecular formula is C20H29F3N2O2. The lowest BCUT2D eigenvalue weighted by Crippen LogP contribution is -2.37. The minimum Gasteiger partial charge on any atom is -0.444 e. The summed E-state index contributed by atoms with van der Waals surface area (Å²) in [6, 6.07) is 5.29. The summed E-state index contributed by atoms with van der Waals surface area (Å²) in [5.41, 5.74) is -0.348. The van der Waals surface area contributed by atoms with Gasteiger partial charge in [0.15, 0.2) is 0 Å². The number of rotatable bonds is 1. The highest BCUT2D eigenvalue weighted by molar-refractivity contribution is 5.68. The normalized spacial score (nSPS) is 22.2. The van der Waals surface area contributed by atoms with E-state index in [1.165, 1.54) is 12.1 Å². The molecule has 0 saturated carbocycles. The van der Waals surface area contributed by atoms with Gasteiger partial charge in [-0.15, -0.1) is 0 Å². The fraction of sp³-hybridized carbons (Fsp3) is 0.650. The molecule has 1 aromatic rings. The summed E-state index contributed by atoms with van der Waals surface area (Å²) in [5.74, 6) is 0.657. The molecule has 0 aromatic heterocycles. The zero-order chi connectivity index (χ0) is 20.4. The summed E-state index contributed by atoms with van der Waals surface area (Å²) in [7, 11) is 0. The van der Waals surface area contributed by atoms with Crippen LogP contribution in [0.2, 0.25) is 0 Å². The summed E-state index contributed by atoms with van der Waals surface area (Å²) in [6.45, 7) is 12.3. The average molecular weight is 386 g/mol. The van der Waals surface area contributed by atoms with Crippen LogP contribution < -0.4 is 4.90 Å². The van der Waals surface area contributed by atoms with Crippen LogP contribution in [0.25, 0.3) is 0 Å². The van der Waals surface area contributed by atoms with Gasteiger partial charge in [0.2, 0.25) is 0 Å². The monoisotopic (exact) mass is 386 g/mol. The number of nitrogens with zero attached hydrogens (tertiary/aromatic N) is 2. The van der Waals surface area contributed by atoms with Gasteiger partial charge in [0.1, 0.15) is 5.60 Å².